The SMILES string of the molecule is CC(=O)N1CC(C(=O)N(C)c2cccc3ncccc23)C1. The minimum atomic E-state index is -0.106. The van der Waals surface area contributed by atoms with E-state index in [1.807, 2.05) is 30.3 Å². The Hall–Kier alpha value is -2.43. The Labute approximate surface area is 123 Å². The van der Waals surface area contributed by atoms with E-state index < -0.39 is 0 Å². The third-order valence-corrected chi connectivity index (χ3v) is 3.99. The fraction of sp³-hybridized carbons (Fsp3) is 0.312. The molecule has 1 fully saturated rings. The van der Waals surface area contributed by atoms with Gasteiger partial charge in [-0.2, -0.15) is 0 Å². The molecule has 21 heavy (non-hydrogen) atoms. The van der Waals surface area contributed by atoms with E-state index in [-0.39, 0.29) is 17.7 Å². The summed E-state index contributed by atoms with van der Waals surface area (Å²) in [4.78, 5) is 31.4. The number of rotatable bonds is 2. The molecule has 0 unspecified atom stereocenters. The van der Waals surface area contributed by atoms with Gasteiger partial charge in [0.05, 0.1) is 17.1 Å². The molecule has 1 saturated heterocycles. The van der Waals surface area contributed by atoms with Crippen LogP contribution >= 0.6 is 0 Å². The molecule has 3 rings (SSSR count). The number of benzene rings is 1. The Morgan fingerprint density at radius 3 is 2.71 bits per heavy atom. The van der Waals surface area contributed by atoms with Gasteiger partial charge in [0.2, 0.25) is 11.8 Å². The zero-order valence-electron chi connectivity index (χ0n) is 12.1. The molecule has 0 saturated carbocycles. The van der Waals surface area contributed by atoms with Gasteiger partial charge in [-0.1, -0.05) is 6.07 Å². The van der Waals surface area contributed by atoms with E-state index in [1.165, 1.54) is 6.92 Å². The van der Waals surface area contributed by atoms with Crippen LogP contribution in [0.15, 0.2) is 36.5 Å². The number of likely N-dealkylation sites (tertiary alicyclic amines) is 1. The number of anilines is 1. The fourth-order valence-corrected chi connectivity index (χ4v) is 2.66. The maximum atomic E-state index is 12.5. The summed E-state index contributed by atoms with van der Waals surface area (Å²) in [5.74, 6) is -0.0363. The third-order valence-electron chi connectivity index (χ3n) is 3.99. The molecule has 2 aromatic rings. The number of carbonyl (C=O) groups is 2. The highest BCUT2D eigenvalue weighted by atomic mass is 16.2. The Morgan fingerprint density at radius 1 is 1.24 bits per heavy atom. The van der Waals surface area contributed by atoms with Crippen LogP contribution in [0.1, 0.15) is 6.92 Å². The largest absolute Gasteiger partial charge is 0.341 e. The zero-order valence-corrected chi connectivity index (χ0v) is 12.1. The van der Waals surface area contributed by atoms with Crippen LogP contribution in [0.2, 0.25) is 0 Å². The second-order valence-corrected chi connectivity index (χ2v) is 5.37. The van der Waals surface area contributed by atoms with Crippen LogP contribution in [-0.2, 0) is 9.59 Å². The zero-order chi connectivity index (χ0) is 15.0. The summed E-state index contributed by atoms with van der Waals surface area (Å²) in [6.07, 6.45) is 1.74. The first-order chi connectivity index (χ1) is 10.1. The highest BCUT2D eigenvalue weighted by molar-refractivity contribution is 6.03. The minimum Gasteiger partial charge on any atom is -0.341 e. The number of fused-ring (bicyclic) bond motifs is 1. The molecule has 0 radical (unpaired) electrons. The molecule has 2 heterocycles. The van der Waals surface area contributed by atoms with Crippen LogP contribution < -0.4 is 4.90 Å². The first kappa shape index (κ1) is 13.5. The van der Waals surface area contributed by atoms with Crippen molar-refractivity contribution in [1.82, 2.24) is 9.88 Å². The average Bonchev–Trinajstić information content (AvgIpc) is 2.43. The lowest BCUT2D eigenvalue weighted by molar-refractivity contribution is -0.140. The molecule has 5 heteroatoms. The molecular weight excluding hydrogens is 266 g/mol. The smallest absolute Gasteiger partial charge is 0.233 e. The maximum Gasteiger partial charge on any atom is 0.233 e. The van der Waals surface area contributed by atoms with Gasteiger partial charge in [-0.05, 0) is 24.3 Å². The fourth-order valence-electron chi connectivity index (χ4n) is 2.66. The lowest BCUT2D eigenvalue weighted by Crippen LogP contribution is -2.55. The quantitative estimate of drug-likeness (QED) is 0.842. The summed E-state index contributed by atoms with van der Waals surface area (Å²) >= 11 is 0. The molecule has 0 atom stereocenters. The first-order valence-corrected chi connectivity index (χ1v) is 6.95. The highest BCUT2D eigenvalue weighted by Crippen LogP contribution is 2.27. The van der Waals surface area contributed by atoms with Crippen molar-refractivity contribution in [2.45, 2.75) is 6.92 Å². The van der Waals surface area contributed by atoms with E-state index in [2.05, 4.69) is 4.98 Å². The topological polar surface area (TPSA) is 53.5 Å². The van der Waals surface area contributed by atoms with Crippen LogP contribution in [0.3, 0.4) is 0 Å². The maximum absolute atomic E-state index is 12.5. The van der Waals surface area contributed by atoms with Gasteiger partial charge < -0.3 is 9.80 Å². The lowest BCUT2D eigenvalue weighted by atomic mass is 9.98. The van der Waals surface area contributed by atoms with Crippen molar-refractivity contribution in [1.29, 1.82) is 0 Å². The molecule has 2 amide bonds. The summed E-state index contributed by atoms with van der Waals surface area (Å²) in [5.41, 5.74) is 1.72. The normalized spacial score (nSPS) is 14.9. The van der Waals surface area contributed by atoms with Gasteiger partial charge in [-0.15, -0.1) is 0 Å². The van der Waals surface area contributed by atoms with Crippen molar-refractivity contribution in [2.75, 3.05) is 25.0 Å². The molecule has 1 aromatic carbocycles. The molecule has 1 aromatic heterocycles. The molecule has 0 bridgehead atoms. The van der Waals surface area contributed by atoms with E-state index >= 15 is 0 Å². The monoisotopic (exact) mass is 283 g/mol. The summed E-state index contributed by atoms with van der Waals surface area (Å²) < 4.78 is 0. The van der Waals surface area contributed by atoms with Crippen LogP contribution in [0, 0.1) is 5.92 Å². The van der Waals surface area contributed by atoms with Crippen LogP contribution in [-0.4, -0.2) is 41.8 Å². The Morgan fingerprint density at radius 2 is 2.00 bits per heavy atom. The summed E-state index contributed by atoms with van der Waals surface area (Å²) in [7, 11) is 1.78. The minimum absolute atomic E-state index is 0.0241. The van der Waals surface area contributed by atoms with E-state index in [9.17, 15) is 9.59 Å². The van der Waals surface area contributed by atoms with Crippen molar-refractivity contribution in [2.24, 2.45) is 5.92 Å². The molecular formula is C16H17N3O2. The number of amides is 2. The van der Waals surface area contributed by atoms with Gasteiger partial charge in [0, 0.05) is 38.6 Å². The van der Waals surface area contributed by atoms with E-state index in [0.717, 1.165) is 16.6 Å². The lowest BCUT2D eigenvalue weighted by Gasteiger charge is -2.39. The number of carbonyl (C=O) groups excluding carboxylic acids is 2. The number of nitrogens with zero attached hydrogens (tertiary/aromatic N) is 3. The number of aromatic nitrogens is 1. The van der Waals surface area contributed by atoms with Gasteiger partial charge in [-0.3, -0.25) is 14.6 Å². The molecule has 108 valence electrons. The van der Waals surface area contributed by atoms with E-state index in [0.29, 0.717) is 13.1 Å². The molecule has 1 aliphatic rings. The summed E-state index contributed by atoms with van der Waals surface area (Å²) in [6.45, 7) is 2.56. The second-order valence-electron chi connectivity index (χ2n) is 5.37. The molecule has 5 nitrogen and oxygen atoms in total. The van der Waals surface area contributed by atoms with Crippen molar-refractivity contribution < 1.29 is 9.59 Å². The second kappa shape index (κ2) is 5.16. The highest BCUT2D eigenvalue weighted by Gasteiger charge is 2.36. The Kier molecular flexibility index (Phi) is 3.33. The molecule has 0 spiro atoms. The molecule has 0 N–H and O–H groups in total. The van der Waals surface area contributed by atoms with Crippen LogP contribution in [0.4, 0.5) is 5.69 Å². The van der Waals surface area contributed by atoms with Crippen LogP contribution in [0.5, 0.6) is 0 Å². The summed E-state index contributed by atoms with van der Waals surface area (Å²) in [6, 6.07) is 9.58. The Balaban J connectivity index is 1.83. The van der Waals surface area contributed by atoms with Gasteiger partial charge in [0.15, 0.2) is 0 Å². The van der Waals surface area contributed by atoms with E-state index in [4.69, 9.17) is 0 Å². The first-order valence-electron chi connectivity index (χ1n) is 6.95. The number of hydrogen-bond acceptors (Lipinski definition) is 3. The van der Waals surface area contributed by atoms with Crippen molar-refractivity contribution in [3.8, 4) is 0 Å². The third kappa shape index (κ3) is 2.35. The standard InChI is InChI=1S/C16H17N3O2/c1-11(20)19-9-12(10-19)16(21)18(2)15-7-3-6-14-13(15)5-4-8-17-14/h3-8,12H,9-10H2,1-2H3. The van der Waals surface area contributed by atoms with Crippen molar-refractivity contribution in [3.05, 3.63) is 36.5 Å². The van der Waals surface area contributed by atoms with Crippen molar-refractivity contribution in [3.63, 3.8) is 0 Å². The van der Waals surface area contributed by atoms with Gasteiger partial charge in [-0.25, -0.2) is 0 Å². The molecule has 0 aliphatic carbocycles. The number of hydrogen-bond donors (Lipinski definition) is 0. The average molecular weight is 283 g/mol. The number of pyridine rings is 1. The van der Waals surface area contributed by atoms with E-state index in [1.54, 1.807) is 23.0 Å². The predicted octanol–water partition coefficient (Wildman–Crippen LogP) is 1.68. The Bertz CT molecular complexity index is 702. The van der Waals surface area contributed by atoms with Crippen LogP contribution in [0.25, 0.3) is 10.9 Å². The predicted molar refractivity (Wildman–Crippen MR) is 80.9 cm³/mol. The van der Waals surface area contributed by atoms with Gasteiger partial charge >= 0.3 is 0 Å². The van der Waals surface area contributed by atoms with Gasteiger partial charge in [0.1, 0.15) is 0 Å². The summed E-state index contributed by atoms with van der Waals surface area (Å²) in [5, 5.41) is 0.957. The molecule has 1 aliphatic heterocycles. The van der Waals surface area contributed by atoms with Crippen molar-refractivity contribution >= 4 is 28.4 Å². The van der Waals surface area contributed by atoms with Gasteiger partial charge in [0.25, 0.3) is 0 Å².